The molecular formula is C22H26N4OS. The Kier molecular flexibility index (Phi) is 5.31. The molecule has 5 nitrogen and oxygen atoms in total. The fourth-order valence-electron chi connectivity index (χ4n) is 3.89. The van der Waals surface area contributed by atoms with Gasteiger partial charge in [0.25, 0.3) is 0 Å². The molecule has 0 radical (unpaired) electrons. The Hall–Kier alpha value is -2.47. The van der Waals surface area contributed by atoms with E-state index in [0.717, 1.165) is 53.1 Å². The molecule has 0 saturated carbocycles. The SMILES string of the molecule is CCc1cc2c(N3CCCC(C(=O)Nc4ccc(C)cc4C)C3)ncnc2s1. The monoisotopic (exact) mass is 394 g/mol. The zero-order valence-corrected chi connectivity index (χ0v) is 17.5. The molecule has 1 aromatic carbocycles. The van der Waals surface area contributed by atoms with E-state index in [1.807, 2.05) is 19.1 Å². The molecule has 1 amide bonds. The summed E-state index contributed by atoms with van der Waals surface area (Å²) < 4.78 is 0. The van der Waals surface area contributed by atoms with Crippen LogP contribution < -0.4 is 10.2 Å². The Morgan fingerprint density at radius 2 is 2.14 bits per heavy atom. The van der Waals surface area contributed by atoms with Crippen molar-refractivity contribution in [1.29, 1.82) is 0 Å². The van der Waals surface area contributed by atoms with Gasteiger partial charge in [-0.25, -0.2) is 9.97 Å². The minimum atomic E-state index is -0.0382. The van der Waals surface area contributed by atoms with E-state index in [1.165, 1.54) is 10.4 Å². The van der Waals surface area contributed by atoms with Crippen LogP contribution in [0.2, 0.25) is 0 Å². The van der Waals surface area contributed by atoms with Gasteiger partial charge in [-0.05, 0) is 50.8 Å². The predicted octanol–water partition coefficient (Wildman–Crippen LogP) is 4.73. The third kappa shape index (κ3) is 3.74. The van der Waals surface area contributed by atoms with Crippen LogP contribution in [0.4, 0.5) is 11.5 Å². The summed E-state index contributed by atoms with van der Waals surface area (Å²) in [7, 11) is 0. The molecule has 0 aliphatic carbocycles. The zero-order valence-electron chi connectivity index (χ0n) is 16.7. The molecule has 1 aliphatic heterocycles. The van der Waals surface area contributed by atoms with Gasteiger partial charge in [-0.3, -0.25) is 4.79 Å². The molecule has 0 bridgehead atoms. The van der Waals surface area contributed by atoms with Crippen LogP contribution in [-0.2, 0) is 11.2 Å². The molecule has 1 saturated heterocycles. The van der Waals surface area contributed by atoms with E-state index < -0.39 is 0 Å². The first-order valence-corrected chi connectivity index (χ1v) is 10.7. The van der Waals surface area contributed by atoms with E-state index in [2.05, 4.69) is 46.2 Å². The van der Waals surface area contributed by atoms with Gasteiger partial charge >= 0.3 is 0 Å². The lowest BCUT2D eigenvalue weighted by molar-refractivity contribution is -0.120. The molecule has 6 heteroatoms. The molecule has 1 N–H and O–H groups in total. The Bertz CT molecular complexity index is 1010. The number of piperidine rings is 1. The summed E-state index contributed by atoms with van der Waals surface area (Å²) in [5.74, 6) is 1.02. The normalized spacial score (nSPS) is 17.1. The van der Waals surface area contributed by atoms with Gasteiger partial charge in [0.15, 0.2) is 0 Å². The minimum Gasteiger partial charge on any atom is -0.355 e. The van der Waals surface area contributed by atoms with Crippen LogP contribution >= 0.6 is 11.3 Å². The fraction of sp³-hybridized carbons (Fsp3) is 0.409. The first-order chi connectivity index (χ1) is 13.5. The van der Waals surface area contributed by atoms with Gasteiger partial charge in [-0.15, -0.1) is 11.3 Å². The van der Waals surface area contributed by atoms with Crippen LogP contribution in [-0.4, -0.2) is 29.0 Å². The van der Waals surface area contributed by atoms with E-state index in [0.29, 0.717) is 6.54 Å². The highest BCUT2D eigenvalue weighted by Gasteiger charge is 2.28. The van der Waals surface area contributed by atoms with Gasteiger partial charge in [-0.2, -0.15) is 0 Å². The van der Waals surface area contributed by atoms with Crippen LogP contribution in [0.15, 0.2) is 30.6 Å². The molecule has 1 unspecified atom stereocenters. The number of carbonyl (C=O) groups excluding carboxylic acids is 1. The Morgan fingerprint density at radius 3 is 2.93 bits per heavy atom. The number of amides is 1. The third-order valence-electron chi connectivity index (χ3n) is 5.44. The summed E-state index contributed by atoms with van der Waals surface area (Å²) in [6.07, 6.45) is 4.54. The van der Waals surface area contributed by atoms with Gasteiger partial charge < -0.3 is 10.2 Å². The highest BCUT2D eigenvalue weighted by atomic mass is 32.1. The zero-order chi connectivity index (χ0) is 19.7. The molecule has 3 heterocycles. The standard InChI is InChI=1S/C22H26N4OS/c1-4-17-11-18-20(23-13-24-22(18)28-17)26-9-5-6-16(12-26)21(27)25-19-8-7-14(2)10-15(19)3/h7-8,10-11,13,16H,4-6,9,12H2,1-3H3,(H,25,27). The molecule has 4 rings (SSSR count). The molecule has 3 aromatic rings. The van der Waals surface area contributed by atoms with Crippen molar-refractivity contribution in [3.63, 3.8) is 0 Å². The van der Waals surface area contributed by atoms with Crippen molar-refractivity contribution in [3.8, 4) is 0 Å². The number of rotatable bonds is 4. The highest BCUT2D eigenvalue weighted by Crippen LogP contribution is 2.33. The summed E-state index contributed by atoms with van der Waals surface area (Å²) in [6.45, 7) is 7.88. The van der Waals surface area contributed by atoms with E-state index in [1.54, 1.807) is 17.7 Å². The average Bonchev–Trinajstić information content (AvgIpc) is 3.13. The average molecular weight is 395 g/mol. The Labute approximate surface area is 169 Å². The lowest BCUT2D eigenvalue weighted by Crippen LogP contribution is -2.41. The summed E-state index contributed by atoms with van der Waals surface area (Å²) in [6, 6.07) is 8.33. The molecule has 1 fully saturated rings. The number of fused-ring (bicyclic) bond motifs is 1. The lowest BCUT2D eigenvalue weighted by Gasteiger charge is -2.33. The van der Waals surface area contributed by atoms with Gasteiger partial charge in [0.05, 0.1) is 11.3 Å². The largest absolute Gasteiger partial charge is 0.355 e. The number of hydrogen-bond acceptors (Lipinski definition) is 5. The first kappa shape index (κ1) is 18.9. The van der Waals surface area contributed by atoms with Crippen molar-refractivity contribution in [3.05, 3.63) is 46.6 Å². The fourth-order valence-corrected chi connectivity index (χ4v) is 4.82. The predicted molar refractivity (Wildman–Crippen MR) is 116 cm³/mol. The summed E-state index contributed by atoms with van der Waals surface area (Å²) >= 11 is 1.73. The number of nitrogens with zero attached hydrogens (tertiary/aromatic N) is 3. The van der Waals surface area contributed by atoms with Crippen molar-refractivity contribution in [2.24, 2.45) is 5.92 Å². The van der Waals surface area contributed by atoms with Crippen molar-refractivity contribution in [1.82, 2.24) is 9.97 Å². The maximum Gasteiger partial charge on any atom is 0.229 e. The summed E-state index contributed by atoms with van der Waals surface area (Å²) in [5.41, 5.74) is 3.21. The van der Waals surface area contributed by atoms with Crippen LogP contribution in [0.1, 0.15) is 35.8 Å². The summed E-state index contributed by atoms with van der Waals surface area (Å²) in [5, 5.41) is 4.24. The van der Waals surface area contributed by atoms with Crippen LogP contribution in [0, 0.1) is 19.8 Å². The van der Waals surface area contributed by atoms with Gasteiger partial charge in [0.2, 0.25) is 5.91 Å². The molecule has 2 aromatic heterocycles. The van der Waals surface area contributed by atoms with Gasteiger partial charge in [0, 0.05) is 23.7 Å². The van der Waals surface area contributed by atoms with Crippen LogP contribution in [0.5, 0.6) is 0 Å². The number of carbonyl (C=O) groups is 1. The number of aryl methyl sites for hydroxylation is 3. The summed E-state index contributed by atoms with van der Waals surface area (Å²) in [4.78, 5) is 26.5. The number of aromatic nitrogens is 2. The van der Waals surface area contributed by atoms with Crippen LogP contribution in [0.3, 0.4) is 0 Å². The minimum absolute atomic E-state index is 0.0382. The smallest absolute Gasteiger partial charge is 0.229 e. The van der Waals surface area contributed by atoms with E-state index in [-0.39, 0.29) is 11.8 Å². The van der Waals surface area contributed by atoms with E-state index in [4.69, 9.17) is 0 Å². The first-order valence-electron chi connectivity index (χ1n) is 9.91. The second kappa shape index (κ2) is 7.87. The Morgan fingerprint density at radius 1 is 1.29 bits per heavy atom. The molecule has 0 spiro atoms. The molecule has 1 atom stereocenters. The number of nitrogens with one attached hydrogen (secondary N) is 1. The number of hydrogen-bond donors (Lipinski definition) is 1. The highest BCUT2D eigenvalue weighted by molar-refractivity contribution is 7.18. The molecule has 146 valence electrons. The van der Waals surface area contributed by atoms with Crippen molar-refractivity contribution in [2.45, 2.75) is 40.0 Å². The van der Waals surface area contributed by atoms with Crippen molar-refractivity contribution >= 4 is 39.0 Å². The van der Waals surface area contributed by atoms with E-state index >= 15 is 0 Å². The second-order valence-corrected chi connectivity index (χ2v) is 8.69. The van der Waals surface area contributed by atoms with E-state index in [9.17, 15) is 4.79 Å². The molecule has 1 aliphatic rings. The number of anilines is 2. The van der Waals surface area contributed by atoms with Gasteiger partial charge in [0.1, 0.15) is 17.0 Å². The van der Waals surface area contributed by atoms with Gasteiger partial charge in [-0.1, -0.05) is 24.6 Å². The Balaban J connectivity index is 1.53. The van der Waals surface area contributed by atoms with Crippen molar-refractivity contribution < 1.29 is 4.79 Å². The maximum atomic E-state index is 12.9. The number of benzene rings is 1. The topological polar surface area (TPSA) is 58.1 Å². The third-order valence-corrected chi connectivity index (χ3v) is 6.63. The van der Waals surface area contributed by atoms with Crippen LogP contribution in [0.25, 0.3) is 10.2 Å². The quantitative estimate of drug-likeness (QED) is 0.695. The second-order valence-electron chi connectivity index (χ2n) is 7.58. The lowest BCUT2D eigenvalue weighted by atomic mass is 9.96. The maximum absolute atomic E-state index is 12.9. The molecule has 28 heavy (non-hydrogen) atoms. The van der Waals surface area contributed by atoms with Crippen molar-refractivity contribution in [2.75, 3.05) is 23.3 Å². The molecular weight excluding hydrogens is 368 g/mol. The number of thiophene rings is 1.